The molecule has 2 amide bonds. The van der Waals surface area contributed by atoms with Gasteiger partial charge in [-0.3, -0.25) is 9.59 Å². The third-order valence-corrected chi connectivity index (χ3v) is 7.25. The summed E-state index contributed by atoms with van der Waals surface area (Å²) in [5, 5.41) is 23.0. The third-order valence-electron chi connectivity index (χ3n) is 6.00. The predicted octanol–water partition coefficient (Wildman–Crippen LogP) is 4.86. The molecule has 0 saturated carbocycles. The van der Waals surface area contributed by atoms with Gasteiger partial charge in [0.1, 0.15) is 0 Å². The number of carbonyl (C=O) groups is 4. The zero-order chi connectivity index (χ0) is 24.6. The van der Waals surface area contributed by atoms with Gasteiger partial charge in [-0.2, -0.15) is 0 Å². The average Bonchev–Trinajstić information content (AvgIpc) is 2.76. The Hall–Kier alpha value is -3.76. The lowest BCUT2D eigenvalue weighted by Crippen LogP contribution is -2.17. The van der Waals surface area contributed by atoms with Gasteiger partial charge in [-0.15, -0.1) is 0 Å². The number of halogens is 2. The molecule has 0 aromatic heterocycles. The Bertz CT molecular complexity index is 1670. The number of hydrogen-bond acceptors (Lipinski definition) is 4. The smallest absolute Gasteiger partial charge is 0.336 e. The van der Waals surface area contributed by atoms with Gasteiger partial charge in [0.15, 0.2) is 0 Å². The van der Waals surface area contributed by atoms with Gasteiger partial charge in [-0.1, -0.05) is 44.0 Å². The van der Waals surface area contributed by atoms with Crippen LogP contribution in [0.3, 0.4) is 0 Å². The minimum Gasteiger partial charge on any atom is -0.478 e. The van der Waals surface area contributed by atoms with E-state index in [1.165, 1.54) is 24.3 Å². The average molecular weight is 584 g/mol. The second-order valence-corrected chi connectivity index (χ2v) is 9.43. The van der Waals surface area contributed by atoms with Gasteiger partial charge in [0, 0.05) is 47.0 Å². The Morgan fingerprint density at radius 2 is 0.941 bits per heavy atom. The largest absolute Gasteiger partial charge is 0.478 e. The summed E-state index contributed by atoms with van der Waals surface area (Å²) in [6, 6.07) is 8.81. The van der Waals surface area contributed by atoms with Crippen molar-refractivity contribution in [2.24, 2.45) is 11.5 Å². The van der Waals surface area contributed by atoms with E-state index in [4.69, 9.17) is 11.5 Å². The SMILES string of the molecule is NC(=O)c1cc(Br)c2c3ccc(C(=O)O)c4c(C(=O)O)ccc(c5c(Br)cc(C(N)=O)c1c25)c43. The summed E-state index contributed by atoms with van der Waals surface area (Å²) >= 11 is 6.98. The van der Waals surface area contributed by atoms with Crippen molar-refractivity contribution < 1.29 is 29.4 Å². The number of carboxylic acids is 2. The van der Waals surface area contributed by atoms with Crippen LogP contribution in [0.4, 0.5) is 0 Å². The number of primary amides is 2. The first-order chi connectivity index (χ1) is 16.0. The van der Waals surface area contributed by atoms with Crippen LogP contribution >= 0.6 is 31.9 Å². The van der Waals surface area contributed by atoms with Crippen LogP contribution in [0.1, 0.15) is 41.4 Å². The molecule has 34 heavy (non-hydrogen) atoms. The molecule has 5 rings (SSSR count). The summed E-state index contributed by atoms with van der Waals surface area (Å²) in [5.74, 6) is -4.07. The zero-order valence-electron chi connectivity index (χ0n) is 16.9. The monoisotopic (exact) mass is 582 g/mol. The maximum atomic E-state index is 12.3. The lowest BCUT2D eigenvalue weighted by molar-refractivity contribution is 0.0695. The van der Waals surface area contributed by atoms with Crippen molar-refractivity contribution in [3.63, 3.8) is 0 Å². The predicted molar refractivity (Wildman–Crippen MR) is 134 cm³/mol. The fraction of sp³-hybridized carbons (Fsp3) is 0. The molecule has 0 fully saturated rings. The Kier molecular flexibility index (Phi) is 4.78. The normalized spacial score (nSPS) is 11.6. The molecule has 5 aromatic carbocycles. The molecule has 10 heteroatoms. The first-order valence-electron chi connectivity index (χ1n) is 9.70. The van der Waals surface area contributed by atoms with E-state index in [1.54, 1.807) is 12.1 Å². The summed E-state index contributed by atoms with van der Waals surface area (Å²) < 4.78 is 0.915. The Balaban J connectivity index is 2.25. The molecule has 0 aliphatic rings. The van der Waals surface area contributed by atoms with Crippen LogP contribution in [0, 0.1) is 0 Å². The van der Waals surface area contributed by atoms with Gasteiger partial charge in [0.25, 0.3) is 0 Å². The Morgan fingerprint density at radius 3 is 1.29 bits per heavy atom. The summed E-state index contributed by atoms with van der Waals surface area (Å²) in [6.07, 6.45) is 0. The molecule has 0 unspecified atom stereocenters. The molecule has 0 radical (unpaired) electrons. The highest BCUT2D eigenvalue weighted by atomic mass is 79.9. The van der Waals surface area contributed by atoms with Crippen molar-refractivity contribution in [3.8, 4) is 0 Å². The van der Waals surface area contributed by atoms with Gasteiger partial charge in [0.2, 0.25) is 11.8 Å². The van der Waals surface area contributed by atoms with Crippen LogP contribution in [-0.2, 0) is 0 Å². The highest BCUT2D eigenvalue weighted by Gasteiger charge is 2.27. The lowest BCUT2D eigenvalue weighted by Gasteiger charge is -2.21. The van der Waals surface area contributed by atoms with Gasteiger partial charge >= 0.3 is 11.9 Å². The number of benzene rings is 5. The molecule has 0 bridgehead atoms. The van der Waals surface area contributed by atoms with Crippen molar-refractivity contribution >= 4 is 98.7 Å². The molecular weight excluding hydrogens is 572 g/mol. The fourth-order valence-corrected chi connectivity index (χ4v) is 6.04. The Morgan fingerprint density at radius 1 is 0.559 bits per heavy atom. The third kappa shape index (κ3) is 2.82. The number of nitrogens with two attached hydrogens (primary N) is 2. The maximum absolute atomic E-state index is 12.3. The molecule has 0 aliphatic carbocycles. The standard InChI is InChI=1S/C24H12Br2N2O6/c25-13-5-11(21(27)29)17-12(22(28)30)6-14(26)19-8-2-4-10(24(33)34)16-9(23(31)32)3-1-7(15(8)16)18(13)20(17)19/h1-6H,(H2,27,29)(H2,28,30)(H,31,32)(H,33,34). The Labute approximate surface area is 206 Å². The zero-order valence-corrected chi connectivity index (χ0v) is 20.1. The molecule has 0 heterocycles. The maximum Gasteiger partial charge on any atom is 0.336 e. The number of hydrogen-bond donors (Lipinski definition) is 4. The van der Waals surface area contributed by atoms with Gasteiger partial charge in [-0.25, -0.2) is 9.59 Å². The van der Waals surface area contributed by atoms with E-state index < -0.39 is 23.8 Å². The highest BCUT2D eigenvalue weighted by molar-refractivity contribution is 9.11. The molecule has 0 spiro atoms. The number of fused-ring (bicyclic) bond motifs is 2. The van der Waals surface area contributed by atoms with Gasteiger partial charge < -0.3 is 21.7 Å². The van der Waals surface area contributed by atoms with Crippen molar-refractivity contribution in [1.82, 2.24) is 0 Å². The lowest BCUT2D eigenvalue weighted by atomic mass is 9.84. The quantitative estimate of drug-likeness (QED) is 0.174. The first kappa shape index (κ1) is 22.1. The molecule has 8 nitrogen and oxygen atoms in total. The molecule has 168 valence electrons. The van der Waals surface area contributed by atoms with Crippen molar-refractivity contribution in [2.45, 2.75) is 0 Å². The van der Waals surface area contributed by atoms with Crippen LogP contribution in [-0.4, -0.2) is 34.0 Å². The van der Waals surface area contributed by atoms with Crippen LogP contribution in [0.15, 0.2) is 45.3 Å². The summed E-state index contributed by atoms with van der Waals surface area (Å²) in [5.41, 5.74) is 11.1. The van der Waals surface area contributed by atoms with Crippen LogP contribution in [0.25, 0.3) is 43.1 Å². The van der Waals surface area contributed by atoms with Crippen molar-refractivity contribution in [3.05, 3.63) is 67.6 Å². The summed E-state index contributed by atoms with van der Waals surface area (Å²) in [4.78, 5) is 48.7. The van der Waals surface area contributed by atoms with E-state index >= 15 is 0 Å². The highest BCUT2D eigenvalue weighted by Crippen LogP contribution is 2.48. The molecule has 0 saturated heterocycles. The number of aromatic carboxylic acids is 2. The summed E-state index contributed by atoms with van der Waals surface area (Å²) in [7, 11) is 0. The van der Waals surface area contributed by atoms with Crippen LogP contribution < -0.4 is 11.5 Å². The van der Waals surface area contributed by atoms with Crippen molar-refractivity contribution in [1.29, 1.82) is 0 Å². The molecule has 5 aromatic rings. The topological polar surface area (TPSA) is 161 Å². The van der Waals surface area contributed by atoms with Crippen molar-refractivity contribution in [2.75, 3.05) is 0 Å². The molecule has 0 aliphatic heterocycles. The van der Waals surface area contributed by atoms with E-state index in [0.29, 0.717) is 41.3 Å². The van der Waals surface area contributed by atoms with Crippen LogP contribution in [0.2, 0.25) is 0 Å². The minimum absolute atomic E-state index is 0.0746. The van der Waals surface area contributed by atoms with E-state index in [2.05, 4.69) is 31.9 Å². The molecule has 6 N–H and O–H groups in total. The number of carbonyl (C=O) groups excluding carboxylic acids is 2. The minimum atomic E-state index is -1.27. The number of amides is 2. The number of rotatable bonds is 4. The molecule has 0 atom stereocenters. The van der Waals surface area contributed by atoms with Gasteiger partial charge in [-0.05, 0) is 40.4 Å². The van der Waals surface area contributed by atoms with Crippen LogP contribution in [0.5, 0.6) is 0 Å². The van der Waals surface area contributed by atoms with E-state index in [9.17, 15) is 29.4 Å². The number of carboxylic acid groups (broad SMARTS) is 2. The van der Waals surface area contributed by atoms with E-state index in [1.807, 2.05) is 0 Å². The van der Waals surface area contributed by atoms with E-state index in [-0.39, 0.29) is 33.0 Å². The summed E-state index contributed by atoms with van der Waals surface area (Å²) in [6.45, 7) is 0. The van der Waals surface area contributed by atoms with E-state index in [0.717, 1.165) is 0 Å². The van der Waals surface area contributed by atoms with Gasteiger partial charge in [0.05, 0.1) is 11.1 Å². The second-order valence-electron chi connectivity index (χ2n) is 7.72. The fourth-order valence-electron chi connectivity index (χ4n) is 4.75. The second kappa shape index (κ2) is 7.37. The first-order valence-corrected chi connectivity index (χ1v) is 11.3. The molecular formula is C24H12Br2N2O6.